The van der Waals surface area contributed by atoms with Crippen molar-refractivity contribution in [1.29, 1.82) is 5.26 Å². The third-order valence-corrected chi connectivity index (χ3v) is 2.18. The monoisotopic (exact) mass is 224 g/mol. The van der Waals surface area contributed by atoms with Gasteiger partial charge in [-0.3, -0.25) is 0 Å². The molecule has 0 saturated carbocycles. The highest BCUT2D eigenvalue weighted by Crippen LogP contribution is 2.33. The van der Waals surface area contributed by atoms with E-state index in [4.69, 9.17) is 5.26 Å². The van der Waals surface area contributed by atoms with Crippen molar-refractivity contribution in [2.24, 2.45) is 0 Å². The minimum absolute atomic E-state index is 0.382. The molecule has 0 spiro atoms. The minimum Gasteiger partial charge on any atom is -0.192 e. The van der Waals surface area contributed by atoms with Gasteiger partial charge in [-0.15, -0.1) is 6.58 Å². The van der Waals surface area contributed by atoms with Crippen LogP contribution in [0.15, 0.2) is 30.9 Å². The Morgan fingerprint density at radius 3 is 2.44 bits per heavy atom. The number of halogens is 3. The molecule has 83 valence electrons. The summed E-state index contributed by atoms with van der Waals surface area (Å²) in [4.78, 5) is 0. The number of hydrogen-bond donors (Lipinski definition) is 0. The van der Waals surface area contributed by atoms with Gasteiger partial charge in [0.2, 0.25) is 0 Å². The lowest BCUT2D eigenvalue weighted by atomic mass is 9.96. The standard InChI is InChI=1S/C12H9F3N/c1-3-8(2)9-4-5-10(7-16)11(6-9)12(13,14)15/h3-6,8H,1-2H2. The van der Waals surface area contributed by atoms with Crippen LogP contribution in [-0.2, 0) is 6.18 Å². The smallest absolute Gasteiger partial charge is 0.192 e. The summed E-state index contributed by atoms with van der Waals surface area (Å²) in [7, 11) is 0. The Kier molecular flexibility index (Phi) is 3.38. The lowest BCUT2D eigenvalue weighted by molar-refractivity contribution is -0.137. The molecular formula is C12H9F3N. The molecule has 1 rings (SSSR count). The predicted molar refractivity (Wildman–Crippen MR) is 54.5 cm³/mol. The van der Waals surface area contributed by atoms with Gasteiger partial charge in [-0.2, -0.15) is 18.4 Å². The first-order chi connectivity index (χ1) is 7.40. The van der Waals surface area contributed by atoms with Crippen LogP contribution in [0.2, 0.25) is 0 Å². The first kappa shape index (κ1) is 12.3. The summed E-state index contributed by atoms with van der Waals surface area (Å²) < 4.78 is 37.8. The summed E-state index contributed by atoms with van der Waals surface area (Å²) in [6, 6.07) is 5.07. The Hall–Kier alpha value is -1.76. The number of nitrogens with zero attached hydrogens (tertiary/aromatic N) is 1. The summed E-state index contributed by atoms with van der Waals surface area (Å²) in [6.07, 6.45) is -3.08. The topological polar surface area (TPSA) is 23.8 Å². The van der Waals surface area contributed by atoms with Crippen LogP contribution in [0.3, 0.4) is 0 Å². The van der Waals surface area contributed by atoms with Crippen molar-refractivity contribution in [3.63, 3.8) is 0 Å². The number of benzene rings is 1. The summed E-state index contributed by atoms with van der Waals surface area (Å²) in [5.41, 5.74) is -0.920. The maximum absolute atomic E-state index is 12.6. The Morgan fingerprint density at radius 2 is 2.00 bits per heavy atom. The zero-order valence-corrected chi connectivity index (χ0v) is 8.38. The van der Waals surface area contributed by atoms with Crippen LogP contribution < -0.4 is 0 Å². The van der Waals surface area contributed by atoms with E-state index in [1.807, 2.05) is 0 Å². The molecule has 1 aromatic rings. The molecule has 0 amide bonds. The van der Waals surface area contributed by atoms with Gasteiger partial charge in [0.25, 0.3) is 0 Å². The first-order valence-corrected chi connectivity index (χ1v) is 4.47. The average Bonchev–Trinajstić information content (AvgIpc) is 2.26. The summed E-state index contributed by atoms with van der Waals surface area (Å²) in [5, 5.41) is 8.58. The average molecular weight is 224 g/mol. The van der Waals surface area contributed by atoms with E-state index in [0.717, 1.165) is 12.1 Å². The highest BCUT2D eigenvalue weighted by molar-refractivity contribution is 5.43. The maximum Gasteiger partial charge on any atom is 0.417 e. The molecule has 0 aliphatic rings. The van der Waals surface area contributed by atoms with Crippen LogP contribution in [0.4, 0.5) is 13.2 Å². The number of rotatable bonds is 2. The van der Waals surface area contributed by atoms with E-state index >= 15 is 0 Å². The molecule has 1 nitrogen and oxygen atoms in total. The zero-order valence-electron chi connectivity index (χ0n) is 8.38. The van der Waals surface area contributed by atoms with E-state index in [1.165, 1.54) is 18.2 Å². The van der Waals surface area contributed by atoms with Gasteiger partial charge in [0.1, 0.15) is 0 Å². The number of alkyl halides is 3. The first-order valence-electron chi connectivity index (χ1n) is 4.47. The second kappa shape index (κ2) is 4.40. The van der Waals surface area contributed by atoms with E-state index in [1.54, 1.807) is 0 Å². The number of hydrogen-bond acceptors (Lipinski definition) is 1. The zero-order chi connectivity index (χ0) is 12.3. The van der Waals surface area contributed by atoms with Crippen molar-refractivity contribution >= 4 is 0 Å². The Balaban J connectivity index is 3.34. The van der Waals surface area contributed by atoms with Gasteiger partial charge in [0, 0.05) is 5.92 Å². The fourth-order valence-electron chi connectivity index (χ4n) is 1.26. The normalized spacial score (nSPS) is 12.9. The molecule has 0 aromatic heterocycles. The van der Waals surface area contributed by atoms with Gasteiger partial charge in [-0.25, -0.2) is 0 Å². The summed E-state index contributed by atoms with van der Waals surface area (Å²) >= 11 is 0. The molecule has 0 heterocycles. The molecule has 0 bridgehead atoms. The second-order valence-electron chi connectivity index (χ2n) is 3.26. The number of allylic oxidation sites excluding steroid dienone is 1. The molecule has 1 atom stereocenters. The molecule has 0 aliphatic carbocycles. The molecule has 0 fully saturated rings. The minimum atomic E-state index is -4.53. The van der Waals surface area contributed by atoms with E-state index in [2.05, 4.69) is 13.5 Å². The van der Waals surface area contributed by atoms with Crippen LogP contribution in [-0.4, -0.2) is 0 Å². The van der Waals surface area contributed by atoms with Gasteiger partial charge in [0.15, 0.2) is 0 Å². The molecular weight excluding hydrogens is 215 g/mol. The van der Waals surface area contributed by atoms with Crippen LogP contribution in [0.1, 0.15) is 22.6 Å². The quantitative estimate of drug-likeness (QED) is 0.703. The molecule has 0 saturated heterocycles. The third kappa shape index (κ3) is 2.43. The van der Waals surface area contributed by atoms with Crippen molar-refractivity contribution in [3.8, 4) is 6.07 Å². The molecule has 1 aromatic carbocycles. The summed E-state index contributed by atoms with van der Waals surface area (Å²) in [6.45, 7) is 7.10. The van der Waals surface area contributed by atoms with Crippen LogP contribution >= 0.6 is 0 Å². The van der Waals surface area contributed by atoms with Gasteiger partial charge in [-0.1, -0.05) is 12.1 Å². The molecule has 0 N–H and O–H groups in total. The highest BCUT2D eigenvalue weighted by Gasteiger charge is 2.33. The van der Waals surface area contributed by atoms with Gasteiger partial charge in [0.05, 0.1) is 17.2 Å². The van der Waals surface area contributed by atoms with Crippen molar-refractivity contribution in [2.75, 3.05) is 0 Å². The fourth-order valence-corrected chi connectivity index (χ4v) is 1.26. The maximum atomic E-state index is 12.6. The Morgan fingerprint density at radius 1 is 1.38 bits per heavy atom. The van der Waals surface area contributed by atoms with E-state index in [-0.39, 0.29) is 5.56 Å². The van der Waals surface area contributed by atoms with E-state index in [0.29, 0.717) is 5.56 Å². The van der Waals surface area contributed by atoms with Crippen molar-refractivity contribution in [2.45, 2.75) is 12.1 Å². The van der Waals surface area contributed by atoms with Crippen LogP contribution in [0, 0.1) is 18.3 Å². The highest BCUT2D eigenvalue weighted by atomic mass is 19.4. The molecule has 4 heteroatoms. The summed E-state index contributed by atoms with van der Waals surface area (Å²) in [5.74, 6) is -0.422. The third-order valence-electron chi connectivity index (χ3n) is 2.18. The second-order valence-corrected chi connectivity index (χ2v) is 3.26. The van der Waals surface area contributed by atoms with Gasteiger partial charge in [-0.05, 0) is 24.6 Å². The largest absolute Gasteiger partial charge is 0.417 e. The van der Waals surface area contributed by atoms with Gasteiger partial charge >= 0.3 is 6.18 Å². The molecule has 16 heavy (non-hydrogen) atoms. The van der Waals surface area contributed by atoms with Crippen molar-refractivity contribution in [1.82, 2.24) is 0 Å². The Bertz CT molecular complexity index is 441. The molecule has 0 aliphatic heterocycles. The van der Waals surface area contributed by atoms with Crippen LogP contribution in [0.25, 0.3) is 0 Å². The van der Waals surface area contributed by atoms with Crippen molar-refractivity contribution in [3.05, 3.63) is 54.5 Å². The fraction of sp³-hybridized carbons (Fsp3) is 0.167. The predicted octanol–water partition coefficient (Wildman–Crippen LogP) is 3.68. The SMILES string of the molecule is [CH2]C(C=C)c1ccc(C#N)c(C(F)(F)F)c1. The van der Waals surface area contributed by atoms with Gasteiger partial charge < -0.3 is 0 Å². The van der Waals surface area contributed by atoms with E-state index < -0.39 is 17.7 Å². The van der Waals surface area contributed by atoms with Crippen LogP contribution in [0.5, 0.6) is 0 Å². The number of nitriles is 1. The van der Waals surface area contributed by atoms with E-state index in [9.17, 15) is 13.2 Å². The lowest BCUT2D eigenvalue weighted by Crippen LogP contribution is -2.09. The lowest BCUT2D eigenvalue weighted by Gasteiger charge is -2.12. The molecule has 1 unspecified atom stereocenters. The molecule has 1 radical (unpaired) electrons. The van der Waals surface area contributed by atoms with Crippen molar-refractivity contribution < 1.29 is 13.2 Å². The Labute approximate surface area is 91.8 Å².